The molecule has 2 unspecified atom stereocenters. The van der Waals surface area contributed by atoms with Gasteiger partial charge in [0.15, 0.2) is 0 Å². The molecule has 1 saturated heterocycles. The Kier molecular flexibility index (Phi) is 12.9. The number of rotatable bonds is 14. The van der Waals surface area contributed by atoms with E-state index in [1.165, 1.54) is 77.0 Å². The summed E-state index contributed by atoms with van der Waals surface area (Å²) in [5.74, 6) is 0. The Bertz CT molecular complexity index is 271. The third kappa shape index (κ3) is 8.82. The summed E-state index contributed by atoms with van der Waals surface area (Å²) < 4.78 is 5.51. The van der Waals surface area contributed by atoms with Gasteiger partial charge in [-0.2, -0.15) is 0 Å². The average Bonchev–Trinajstić information content (AvgIpc) is 2.60. The molecule has 0 aromatic heterocycles. The van der Waals surface area contributed by atoms with Crippen LogP contribution in [0.3, 0.4) is 0 Å². The number of hydrogen-bond donors (Lipinski definition) is 1. The van der Waals surface area contributed by atoms with Crippen LogP contribution in [-0.2, 0) is 4.74 Å². The molecular weight excluding hydrogens is 298 g/mol. The van der Waals surface area contributed by atoms with Crippen LogP contribution in [0.15, 0.2) is 0 Å². The summed E-state index contributed by atoms with van der Waals surface area (Å²) in [6.45, 7) is 6.51. The lowest BCUT2D eigenvalue weighted by Gasteiger charge is -2.40. The van der Waals surface area contributed by atoms with Gasteiger partial charge >= 0.3 is 0 Å². The van der Waals surface area contributed by atoms with E-state index < -0.39 is 0 Å². The molecule has 0 spiro atoms. The summed E-state index contributed by atoms with van der Waals surface area (Å²) in [7, 11) is 1.74. The predicted molar refractivity (Wildman–Crippen MR) is 104 cm³/mol. The number of aliphatic hydroxyl groups excluding tert-OH is 1. The van der Waals surface area contributed by atoms with E-state index >= 15 is 0 Å². The molecule has 0 aromatic carbocycles. The first-order valence-corrected chi connectivity index (χ1v) is 10.7. The highest BCUT2D eigenvalue weighted by molar-refractivity contribution is 4.84. The van der Waals surface area contributed by atoms with Crippen LogP contribution in [0.25, 0.3) is 0 Å². The minimum Gasteiger partial charge on any atom is -0.390 e. The van der Waals surface area contributed by atoms with Gasteiger partial charge in [0, 0.05) is 26.2 Å². The van der Waals surface area contributed by atoms with E-state index in [-0.39, 0.29) is 12.2 Å². The smallest absolute Gasteiger partial charge is 0.0957 e. The third-order valence-corrected chi connectivity index (χ3v) is 5.66. The van der Waals surface area contributed by atoms with Gasteiger partial charge in [0.2, 0.25) is 0 Å². The molecule has 24 heavy (non-hydrogen) atoms. The van der Waals surface area contributed by atoms with Gasteiger partial charge < -0.3 is 9.84 Å². The molecule has 1 rings (SSSR count). The van der Waals surface area contributed by atoms with Gasteiger partial charge in [-0.1, -0.05) is 78.1 Å². The van der Waals surface area contributed by atoms with Gasteiger partial charge in [0.25, 0.3) is 0 Å². The standard InChI is InChI=1S/C21H43NO2/c1-4-6-8-10-12-14-19(15-13-11-9-7-5-2)22-17-16-20(23)21(18-22)24-3/h19-21,23H,4-18H2,1-3H3. The van der Waals surface area contributed by atoms with Crippen LogP contribution in [-0.4, -0.2) is 48.5 Å². The first-order valence-electron chi connectivity index (χ1n) is 10.7. The van der Waals surface area contributed by atoms with Crippen molar-refractivity contribution in [2.75, 3.05) is 20.2 Å². The molecule has 1 aliphatic rings. The van der Waals surface area contributed by atoms with Crippen LogP contribution < -0.4 is 0 Å². The predicted octanol–water partition coefficient (Wildman–Crippen LogP) is 5.16. The van der Waals surface area contributed by atoms with Gasteiger partial charge in [-0.15, -0.1) is 0 Å². The molecular formula is C21H43NO2. The second-order valence-electron chi connectivity index (χ2n) is 7.68. The molecule has 1 fully saturated rings. The maximum Gasteiger partial charge on any atom is 0.0957 e. The van der Waals surface area contributed by atoms with E-state index in [2.05, 4.69) is 18.7 Å². The lowest BCUT2D eigenvalue weighted by molar-refractivity contribution is -0.0715. The summed E-state index contributed by atoms with van der Waals surface area (Å²) >= 11 is 0. The number of likely N-dealkylation sites (tertiary alicyclic amines) is 1. The maximum atomic E-state index is 10.1. The summed E-state index contributed by atoms with van der Waals surface area (Å²) in [6.07, 6.45) is 16.9. The van der Waals surface area contributed by atoms with E-state index in [0.717, 1.165) is 19.5 Å². The average molecular weight is 342 g/mol. The van der Waals surface area contributed by atoms with Crippen LogP contribution in [0.4, 0.5) is 0 Å². The number of hydrogen-bond acceptors (Lipinski definition) is 3. The lowest BCUT2D eigenvalue weighted by Crippen LogP contribution is -2.51. The number of unbranched alkanes of at least 4 members (excludes halogenated alkanes) is 8. The van der Waals surface area contributed by atoms with Crippen molar-refractivity contribution in [3.63, 3.8) is 0 Å². The van der Waals surface area contributed by atoms with E-state index in [9.17, 15) is 5.11 Å². The van der Waals surface area contributed by atoms with E-state index in [0.29, 0.717) is 6.04 Å². The number of ether oxygens (including phenoxy) is 1. The Labute approximate surface area is 151 Å². The Hall–Kier alpha value is -0.120. The summed E-state index contributed by atoms with van der Waals surface area (Å²) in [5, 5.41) is 10.1. The van der Waals surface area contributed by atoms with Crippen molar-refractivity contribution in [1.82, 2.24) is 4.90 Å². The SMILES string of the molecule is CCCCCCCC(CCCCCCC)N1CCC(O)C(OC)C1. The van der Waals surface area contributed by atoms with Crippen molar-refractivity contribution in [3.8, 4) is 0 Å². The van der Waals surface area contributed by atoms with Crippen LogP contribution in [0, 0.1) is 0 Å². The Morgan fingerprint density at radius 1 is 0.917 bits per heavy atom. The first kappa shape index (κ1) is 21.9. The van der Waals surface area contributed by atoms with E-state index in [1.807, 2.05) is 0 Å². The molecule has 1 N–H and O–H groups in total. The highest BCUT2D eigenvalue weighted by Crippen LogP contribution is 2.23. The Balaban J connectivity index is 2.40. The number of piperidine rings is 1. The highest BCUT2D eigenvalue weighted by atomic mass is 16.5. The molecule has 0 saturated carbocycles. The second kappa shape index (κ2) is 14.1. The van der Waals surface area contributed by atoms with Crippen LogP contribution in [0.5, 0.6) is 0 Å². The fourth-order valence-electron chi connectivity index (χ4n) is 3.97. The Morgan fingerprint density at radius 2 is 1.46 bits per heavy atom. The summed E-state index contributed by atoms with van der Waals surface area (Å²) in [5.41, 5.74) is 0. The molecule has 144 valence electrons. The lowest BCUT2D eigenvalue weighted by atomic mass is 9.95. The molecule has 0 aliphatic carbocycles. The zero-order chi connectivity index (χ0) is 17.6. The van der Waals surface area contributed by atoms with Gasteiger partial charge in [-0.25, -0.2) is 0 Å². The number of methoxy groups -OCH3 is 1. The van der Waals surface area contributed by atoms with Gasteiger partial charge in [0.1, 0.15) is 0 Å². The fraction of sp³-hybridized carbons (Fsp3) is 1.00. The van der Waals surface area contributed by atoms with E-state index in [1.54, 1.807) is 7.11 Å². The van der Waals surface area contributed by atoms with Crippen molar-refractivity contribution in [1.29, 1.82) is 0 Å². The van der Waals surface area contributed by atoms with Crippen molar-refractivity contribution < 1.29 is 9.84 Å². The molecule has 0 bridgehead atoms. The zero-order valence-corrected chi connectivity index (χ0v) is 16.6. The van der Waals surface area contributed by atoms with Crippen molar-refractivity contribution in [2.45, 2.75) is 116 Å². The molecule has 0 amide bonds. The summed E-state index contributed by atoms with van der Waals surface area (Å²) in [6, 6.07) is 0.693. The van der Waals surface area contributed by atoms with Crippen LogP contribution in [0.2, 0.25) is 0 Å². The summed E-state index contributed by atoms with van der Waals surface area (Å²) in [4.78, 5) is 2.61. The molecule has 2 atom stereocenters. The first-order chi connectivity index (χ1) is 11.7. The molecule has 0 radical (unpaired) electrons. The number of aliphatic hydroxyl groups is 1. The molecule has 1 heterocycles. The second-order valence-corrected chi connectivity index (χ2v) is 7.68. The third-order valence-electron chi connectivity index (χ3n) is 5.66. The van der Waals surface area contributed by atoms with Crippen molar-refractivity contribution in [2.24, 2.45) is 0 Å². The minimum absolute atomic E-state index is 0.00133. The van der Waals surface area contributed by atoms with Gasteiger partial charge in [-0.05, 0) is 19.3 Å². The Morgan fingerprint density at radius 3 is 1.96 bits per heavy atom. The quantitative estimate of drug-likeness (QED) is 0.443. The minimum atomic E-state index is -0.277. The van der Waals surface area contributed by atoms with Gasteiger partial charge in [-0.3, -0.25) is 4.90 Å². The monoisotopic (exact) mass is 341 g/mol. The molecule has 1 aliphatic heterocycles. The highest BCUT2D eigenvalue weighted by Gasteiger charge is 2.30. The fourth-order valence-corrected chi connectivity index (χ4v) is 3.97. The molecule has 0 aromatic rings. The maximum absolute atomic E-state index is 10.1. The van der Waals surface area contributed by atoms with E-state index in [4.69, 9.17) is 4.74 Å². The largest absolute Gasteiger partial charge is 0.390 e. The van der Waals surface area contributed by atoms with Crippen LogP contribution in [0.1, 0.15) is 97.3 Å². The van der Waals surface area contributed by atoms with Gasteiger partial charge in [0.05, 0.1) is 12.2 Å². The van der Waals surface area contributed by atoms with Crippen molar-refractivity contribution in [3.05, 3.63) is 0 Å². The zero-order valence-electron chi connectivity index (χ0n) is 16.6. The number of nitrogens with zero attached hydrogens (tertiary/aromatic N) is 1. The normalized spacial score (nSPS) is 22.4. The topological polar surface area (TPSA) is 32.7 Å². The van der Waals surface area contributed by atoms with Crippen LogP contribution >= 0.6 is 0 Å². The molecule has 3 heteroatoms. The molecule has 3 nitrogen and oxygen atoms in total. The van der Waals surface area contributed by atoms with Crippen molar-refractivity contribution >= 4 is 0 Å².